The monoisotopic (exact) mass is 221 g/mol. The summed E-state index contributed by atoms with van der Waals surface area (Å²) in [5.41, 5.74) is 3.27. The average Bonchev–Trinajstić information content (AvgIpc) is 2.23. The maximum Gasteiger partial charge on any atom is 0.121 e. The molecule has 0 spiro atoms. The summed E-state index contributed by atoms with van der Waals surface area (Å²) in [5.74, 6) is 0.434. The smallest absolute Gasteiger partial charge is 0.121 e. The number of aryl methyl sites for hydroxylation is 3. The van der Waals surface area contributed by atoms with Gasteiger partial charge in [0.05, 0.1) is 0 Å². The summed E-state index contributed by atoms with van der Waals surface area (Å²) in [6.45, 7) is 9.28. The molecule has 0 saturated carbocycles. The molecule has 0 aliphatic carbocycles. The van der Waals surface area contributed by atoms with E-state index in [2.05, 4.69) is 31.3 Å². The van der Waals surface area contributed by atoms with Crippen LogP contribution in [0, 0.1) is 13.8 Å². The molecule has 0 bridgehead atoms. The first kappa shape index (κ1) is 13.0. The third-order valence-electron chi connectivity index (χ3n) is 2.97. The highest BCUT2D eigenvalue weighted by Gasteiger charge is 2.05. The minimum Gasteiger partial charge on any atom is -0.507 e. The van der Waals surface area contributed by atoms with Crippen LogP contribution in [0.2, 0.25) is 0 Å². The van der Waals surface area contributed by atoms with Crippen LogP contribution in [0.5, 0.6) is 5.75 Å². The van der Waals surface area contributed by atoms with Crippen molar-refractivity contribution in [2.45, 2.75) is 46.6 Å². The molecule has 16 heavy (non-hydrogen) atoms. The van der Waals surface area contributed by atoms with Gasteiger partial charge in [-0.1, -0.05) is 19.1 Å². The van der Waals surface area contributed by atoms with Crippen LogP contribution < -0.4 is 5.32 Å². The van der Waals surface area contributed by atoms with E-state index in [9.17, 15) is 5.11 Å². The van der Waals surface area contributed by atoms with E-state index < -0.39 is 0 Å². The van der Waals surface area contributed by atoms with E-state index in [4.69, 9.17) is 0 Å². The van der Waals surface area contributed by atoms with Gasteiger partial charge in [0.15, 0.2) is 0 Å². The maximum atomic E-state index is 9.68. The summed E-state index contributed by atoms with van der Waals surface area (Å²) in [6.07, 6.45) is 2.20. The normalized spacial score (nSPS) is 12.8. The van der Waals surface area contributed by atoms with Crippen LogP contribution >= 0.6 is 0 Å². The highest BCUT2D eigenvalue weighted by Crippen LogP contribution is 2.23. The van der Waals surface area contributed by atoms with E-state index in [1.54, 1.807) is 0 Å². The Morgan fingerprint density at radius 1 is 1.25 bits per heavy atom. The maximum absolute atomic E-state index is 9.68. The molecule has 0 radical (unpaired) electrons. The van der Waals surface area contributed by atoms with Gasteiger partial charge in [-0.05, 0) is 56.8 Å². The topological polar surface area (TPSA) is 32.3 Å². The molecule has 0 fully saturated rings. The van der Waals surface area contributed by atoms with Crippen LogP contribution in [-0.4, -0.2) is 17.7 Å². The molecule has 0 aliphatic rings. The molecule has 2 N–H and O–H groups in total. The van der Waals surface area contributed by atoms with Gasteiger partial charge in [0, 0.05) is 6.04 Å². The Balaban J connectivity index is 2.61. The zero-order valence-corrected chi connectivity index (χ0v) is 10.8. The Kier molecular flexibility index (Phi) is 4.81. The molecule has 1 rings (SSSR count). The van der Waals surface area contributed by atoms with Gasteiger partial charge in [0.1, 0.15) is 5.75 Å². The van der Waals surface area contributed by atoms with Gasteiger partial charge in [0.25, 0.3) is 0 Å². The van der Waals surface area contributed by atoms with Crippen molar-refractivity contribution < 1.29 is 5.11 Å². The third-order valence-corrected chi connectivity index (χ3v) is 2.97. The zero-order chi connectivity index (χ0) is 12.1. The fourth-order valence-corrected chi connectivity index (χ4v) is 2.02. The average molecular weight is 221 g/mol. The van der Waals surface area contributed by atoms with Crippen molar-refractivity contribution in [1.82, 2.24) is 5.32 Å². The lowest BCUT2D eigenvalue weighted by Gasteiger charge is -2.13. The van der Waals surface area contributed by atoms with Gasteiger partial charge in [-0.3, -0.25) is 0 Å². The van der Waals surface area contributed by atoms with Crippen LogP contribution in [0.15, 0.2) is 12.1 Å². The van der Waals surface area contributed by atoms with Crippen LogP contribution in [0.25, 0.3) is 0 Å². The molecule has 0 heterocycles. The van der Waals surface area contributed by atoms with E-state index in [1.807, 2.05) is 13.8 Å². The van der Waals surface area contributed by atoms with E-state index in [1.165, 1.54) is 5.56 Å². The molecule has 0 aromatic heterocycles. The Bertz CT molecular complexity index is 324. The predicted molar refractivity (Wildman–Crippen MR) is 69.0 cm³/mol. The summed E-state index contributed by atoms with van der Waals surface area (Å²) in [6, 6.07) is 4.72. The molecular weight excluding hydrogens is 198 g/mol. The second-order valence-corrected chi connectivity index (χ2v) is 4.58. The third kappa shape index (κ3) is 3.53. The molecule has 0 saturated heterocycles. The number of phenolic OH excluding ortho intramolecular Hbond substituents is 1. The van der Waals surface area contributed by atoms with Gasteiger partial charge < -0.3 is 10.4 Å². The largest absolute Gasteiger partial charge is 0.507 e. The first-order valence-electron chi connectivity index (χ1n) is 6.07. The molecule has 1 atom stereocenters. The van der Waals surface area contributed by atoms with Gasteiger partial charge in [-0.25, -0.2) is 0 Å². The summed E-state index contributed by atoms with van der Waals surface area (Å²) in [7, 11) is 0. The Morgan fingerprint density at radius 2 is 1.81 bits per heavy atom. The van der Waals surface area contributed by atoms with Crippen LogP contribution in [0.4, 0.5) is 0 Å². The number of hydrogen-bond donors (Lipinski definition) is 2. The Morgan fingerprint density at radius 3 is 2.31 bits per heavy atom. The quantitative estimate of drug-likeness (QED) is 0.801. The second-order valence-electron chi connectivity index (χ2n) is 4.58. The number of rotatable bonds is 5. The fourth-order valence-electron chi connectivity index (χ4n) is 2.02. The predicted octanol–water partition coefficient (Wildman–Crippen LogP) is 2.94. The molecule has 1 unspecified atom stereocenters. The molecule has 2 nitrogen and oxygen atoms in total. The zero-order valence-electron chi connectivity index (χ0n) is 10.8. The second kappa shape index (κ2) is 5.90. The van der Waals surface area contributed by atoms with Gasteiger partial charge in [-0.15, -0.1) is 0 Å². The lowest BCUT2D eigenvalue weighted by atomic mass is 10.0. The molecular formula is C14H23NO. The summed E-state index contributed by atoms with van der Waals surface area (Å²) in [4.78, 5) is 0. The van der Waals surface area contributed by atoms with Gasteiger partial charge >= 0.3 is 0 Å². The van der Waals surface area contributed by atoms with Gasteiger partial charge in [0.2, 0.25) is 0 Å². The van der Waals surface area contributed by atoms with Crippen LogP contribution in [-0.2, 0) is 6.42 Å². The van der Waals surface area contributed by atoms with Crippen molar-refractivity contribution in [2.24, 2.45) is 0 Å². The number of hydrogen-bond acceptors (Lipinski definition) is 2. The van der Waals surface area contributed by atoms with Crippen molar-refractivity contribution in [3.8, 4) is 5.75 Å². The van der Waals surface area contributed by atoms with Crippen LogP contribution in [0.1, 0.15) is 37.0 Å². The molecule has 0 aliphatic heterocycles. The van der Waals surface area contributed by atoms with Crippen molar-refractivity contribution >= 4 is 0 Å². The molecule has 1 aromatic carbocycles. The highest BCUT2D eigenvalue weighted by molar-refractivity contribution is 5.42. The van der Waals surface area contributed by atoms with Crippen molar-refractivity contribution in [3.05, 3.63) is 28.8 Å². The van der Waals surface area contributed by atoms with Crippen LogP contribution in [0.3, 0.4) is 0 Å². The summed E-state index contributed by atoms with van der Waals surface area (Å²) < 4.78 is 0. The van der Waals surface area contributed by atoms with E-state index >= 15 is 0 Å². The Hall–Kier alpha value is -1.02. The lowest BCUT2D eigenvalue weighted by molar-refractivity contribution is 0.466. The first-order chi connectivity index (χ1) is 7.54. The number of nitrogens with one attached hydrogen (secondary N) is 1. The molecule has 2 heteroatoms. The fraction of sp³-hybridized carbons (Fsp3) is 0.571. The number of phenols is 1. The summed E-state index contributed by atoms with van der Waals surface area (Å²) >= 11 is 0. The van der Waals surface area contributed by atoms with Crippen molar-refractivity contribution in [2.75, 3.05) is 6.54 Å². The van der Waals surface area contributed by atoms with Crippen molar-refractivity contribution in [1.29, 1.82) is 0 Å². The Labute approximate surface area is 98.7 Å². The standard InChI is InChI=1S/C14H23NO/c1-5-15-12(4)6-7-13-8-10(2)14(16)11(3)9-13/h8-9,12,15-16H,5-7H2,1-4H3. The first-order valence-corrected chi connectivity index (χ1v) is 6.07. The molecule has 1 aromatic rings. The van der Waals surface area contributed by atoms with E-state index in [0.29, 0.717) is 11.8 Å². The SMILES string of the molecule is CCNC(C)CCc1cc(C)c(O)c(C)c1. The molecule has 90 valence electrons. The van der Waals surface area contributed by atoms with Crippen molar-refractivity contribution in [3.63, 3.8) is 0 Å². The number of benzene rings is 1. The highest BCUT2D eigenvalue weighted by atomic mass is 16.3. The van der Waals surface area contributed by atoms with E-state index in [0.717, 1.165) is 30.5 Å². The minimum absolute atomic E-state index is 0.434. The summed E-state index contributed by atoms with van der Waals surface area (Å²) in [5, 5.41) is 13.1. The van der Waals surface area contributed by atoms with E-state index in [-0.39, 0.29) is 0 Å². The minimum atomic E-state index is 0.434. The van der Waals surface area contributed by atoms with Gasteiger partial charge in [-0.2, -0.15) is 0 Å². The molecule has 0 amide bonds. The number of aromatic hydroxyl groups is 1. The lowest BCUT2D eigenvalue weighted by Crippen LogP contribution is -2.25.